The molecule has 2 rings (SSSR count). The van der Waals surface area contributed by atoms with E-state index in [4.69, 9.17) is 0 Å². The van der Waals surface area contributed by atoms with Crippen LogP contribution in [-0.2, 0) is 0 Å². The Hall–Kier alpha value is -0.0800. The van der Waals surface area contributed by atoms with Gasteiger partial charge < -0.3 is 10.6 Å². The van der Waals surface area contributed by atoms with Gasteiger partial charge >= 0.3 is 0 Å². The molecular formula is C14H28N2. The van der Waals surface area contributed by atoms with E-state index in [1.165, 1.54) is 51.6 Å². The van der Waals surface area contributed by atoms with Gasteiger partial charge in [-0.15, -0.1) is 0 Å². The Labute approximate surface area is 101 Å². The lowest BCUT2D eigenvalue weighted by Crippen LogP contribution is -2.38. The molecule has 0 bridgehead atoms. The van der Waals surface area contributed by atoms with Crippen LogP contribution in [0.5, 0.6) is 0 Å². The first kappa shape index (κ1) is 12.4. The van der Waals surface area contributed by atoms with Gasteiger partial charge in [0.2, 0.25) is 0 Å². The van der Waals surface area contributed by atoms with Crippen LogP contribution < -0.4 is 10.6 Å². The van der Waals surface area contributed by atoms with Crippen molar-refractivity contribution in [3.05, 3.63) is 0 Å². The first-order valence-corrected chi connectivity index (χ1v) is 7.21. The van der Waals surface area contributed by atoms with Gasteiger partial charge in [0.25, 0.3) is 0 Å². The monoisotopic (exact) mass is 224 g/mol. The maximum Gasteiger partial charge on any atom is 0.00389 e. The van der Waals surface area contributed by atoms with E-state index in [0.29, 0.717) is 0 Å². The fourth-order valence-corrected chi connectivity index (χ4v) is 3.08. The Balaban J connectivity index is 1.60. The molecule has 2 aliphatic heterocycles. The fourth-order valence-electron chi connectivity index (χ4n) is 3.08. The molecule has 0 spiro atoms. The molecule has 94 valence electrons. The van der Waals surface area contributed by atoms with E-state index in [9.17, 15) is 0 Å². The predicted molar refractivity (Wildman–Crippen MR) is 69.6 cm³/mol. The van der Waals surface area contributed by atoms with Gasteiger partial charge in [-0.1, -0.05) is 0 Å². The van der Waals surface area contributed by atoms with Crippen molar-refractivity contribution in [2.75, 3.05) is 13.1 Å². The SMILES string of the molecule is CC1CCC(CCC2CCC(C)NC2)CN1. The third-order valence-corrected chi connectivity index (χ3v) is 4.51. The van der Waals surface area contributed by atoms with Crippen LogP contribution in [-0.4, -0.2) is 25.2 Å². The Morgan fingerprint density at radius 1 is 0.750 bits per heavy atom. The van der Waals surface area contributed by atoms with Gasteiger partial charge in [0.1, 0.15) is 0 Å². The minimum absolute atomic E-state index is 0.758. The van der Waals surface area contributed by atoms with Crippen molar-refractivity contribution in [2.45, 2.75) is 64.5 Å². The van der Waals surface area contributed by atoms with Crippen LogP contribution in [0, 0.1) is 11.8 Å². The summed E-state index contributed by atoms with van der Waals surface area (Å²) in [6.07, 6.45) is 8.55. The van der Waals surface area contributed by atoms with Crippen molar-refractivity contribution < 1.29 is 0 Å². The highest BCUT2D eigenvalue weighted by Gasteiger charge is 2.21. The van der Waals surface area contributed by atoms with Crippen LogP contribution in [0.1, 0.15) is 52.4 Å². The molecule has 2 heterocycles. The molecular weight excluding hydrogens is 196 g/mol. The molecule has 2 fully saturated rings. The quantitative estimate of drug-likeness (QED) is 0.770. The van der Waals surface area contributed by atoms with Crippen LogP contribution in [0.15, 0.2) is 0 Å². The molecule has 16 heavy (non-hydrogen) atoms. The van der Waals surface area contributed by atoms with Gasteiger partial charge in [0.05, 0.1) is 0 Å². The molecule has 0 aromatic carbocycles. The Bertz CT molecular complexity index is 167. The van der Waals surface area contributed by atoms with Crippen molar-refractivity contribution in [1.82, 2.24) is 10.6 Å². The summed E-state index contributed by atoms with van der Waals surface area (Å²) in [4.78, 5) is 0. The van der Waals surface area contributed by atoms with E-state index in [2.05, 4.69) is 24.5 Å². The van der Waals surface area contributed by atoms with Crippen molar-refractivity contribution in [3.8, 4) is 0 Å². The zero-order valence-corrected chi connectivity index (χ0v) is 11.0. The molecule has 2 aliphatic rings. The van der Waals surface area contributed by atoms with Crippen LogP contribution in [0.25, 0.3) is 0 Å². The molecule has 0 aliphatic carbocycles. The molecule has 0 aromatic rings. The van der Waals surface area contributed by atoms with E-state index in [0.717, 1.165) is 23.9 Å². The fraction of sp³-hybridized carbons (Fsp3) is 1.00. The Morgan fingerprint density at radius 3 is 1.50 bits per heavy atom. The van der Waals surface area contributed by atoms with Gasteiger partial charge in [-0.2, -0.15) is 0 Å². The smallest absolute Gasteiger partial charge is 0.00389 e. The molecule has 4 atom stereocenters. The van der Waals surface area contributed by atoms with Crippen LogP contribution >= 0.6 is 0 Å². The van der Waals surface area contributed by atoms with Crippen LogP contribution in [0.4, 0.5) is 0 Å². The standard InChI is InChI=1S/C14H28N2/c1-11-3-5-13(9-15-11)7-8-14-6-4-12(2)16-10-14/h11-16H,3-10H2,1-2H3. The summed E-state index contributed by atoms with van der Waals surface area (Å²) in [6.45, 7) is 7.14. The highest BCUT2D eigenvalue weighted by atomic mass is 14.9. The van der Waals surface area contributed by atoms with E-state index in [1.54, 1.807) is 0 Å². The highest BCUT2D eigenvalue weighted by Crippen LogP contribution is 2.25. The van der Waals surface area contributed by atoms with E-state index in [1.807, 2.05) is 0 Å². The zero-order valence-electron chi connectivity index (χ0n) is 11.0. The lowest BCUT2D eigenvalue weighted by Gasteiger charge is -2.31. The van der Waals surface area contributed by atoms with Gasteiger partial charge in [-0.25, -0.2) is 0 Å². The van der Waals surface area contributed by atoms with E-state index in [-0.39, 0.29) is 0 Å². The summed E-state index contributed by atoms with van der Waals surface area (Å²) < 4.78 is 0. The molecule has 2 saturated heterocycles. The summed E-state index contributed by atoms with van der Waals surface area (Å²) in [5, 5.41) is 7.22. The number of piperidine rings is 2. The molecule has 2 N–H and O–H groups in total. The molecule has 2 nitrogen and oxygen atoms in total. The topological polar surface area (TPSA) is 24.1 Å². The Kier molecular flexibility index (Phi) is 4.66. The van der Waals surface area contributed by atoms with Crippen molar-refractivity contribution in [2.24, 2.45) is 11.8 Å². The summed E-state index contributed by atoms with van der Waals surface area (Å²) in [5.74, 6) is 1.91. The van der Waals surface area contributed by atoms with E-state index >= 15 is 0 Å². The van der Waals surface area contributed by atoms with Gasteiger partial charge in [0.15, 0.2) is 0 Å². The summed E-state index contributed by atoms with van der Waals surface area (Å²) in [5.41, 5.74) is 0. The summed E-state index contributed by atoms with van der Waals surface area (Å²) in [7, 11) is 0. The Morgan fingerprint density at radius 2 is 1.19 bits per heavy atom. The van der Waals surface area contributed by atoms with Crippen LogP contribution in [0.3, 0.4) is 0 Å². The highest BCUT2D eigenvalue weighted by molar-refractivity contribution is 4.78. The summed E-state index contributed by atoms with van der Waals surface area (Å²) in [6, 6.07) is 1.52. The average Bonchev–Trinajstić information content (AvgIpc) is 2.30. The molecule has 0 aromatic heterocycles. The van der Waals surface area contributed by atoms with Crippen molar-refractivity contribution in [1.29, 1.82) is 0 Å². The third kappa shape index (κ3) is 3.74. The number of hydrogen-bond acceptors (Lipinski definition) is 2. The molecule has 0 radical (unpaired) electrons. The minimum atomic E-state index is 0.758. The first-order chi connectivity index (χ1) is 7.74. The van der Waals surface area contributed by atoms with E-state index < -0.39 is 0 Å². The van der Waals surface area contributed by atoms with Gasteiger partial charge in [-0.05, 0) is 77.3 Å². The van der Waals surface area contributed by atoms with Gasteiger partial charge in [0, 0.05) is 12.1 Å². The molecule has 0 saturated carbocycles. The lowest BCUT2D eigenvalue weighted by molar-refractivity contribution is 0.256. The zero-order chi connectivity index (χ0) is 11.4. The van der Waals surface area contributed by atoms with Gasteiger partial charge in [-0.3, -0.25) is 0 Å². The first-order valence-electron chi connectivity index (χ1n) is 7.21. The maximum atomic E-state index is 3.61. The second-order valence-corrected chi connectivity index (χ2v) is 6.08. The number of rotatable bonds is 3. The number of nitrogens with one attached hydrogen (secondary N) is 2. The number of hydrogen-bond donors (Lipinski definition) is 2. The van der Waals surface area contributed by atoms with Crippen LogP contribution in [0.2, 0.25) is 0 Å². The van der Waals surface area contributed by atoms with Crippen molar-refractivity contribution in [3.63, 3.8) is 0 Å². The summed E-state index contributed by atoms with van der Waals surface area (Å²) >= 11 is 0. The second-order valence-electron chi connectivity index (χ2n) is 6.08. The largest absolute Gasteiger partial charge is 0.314 e. The van der Waals surface area contributed by atoms with Crippen molar-refractivity contribution >= 4 is 0 Å². The minimum Gasteiger partial charge on any atom is -0.314 e. The third-order valence-electron chi connectivity index (χ3n) is 4.51. The second kappa shape index (κ2) is 6.02. The maximum absolute atomic E-state index is 3.61. The predicted octanol–water partition coefficient (Wildman–Crippen LogP) is 2.54. The normalized spacial score (nSPS) is 40.9. The molecule has 4 unspecified atom stereocenters. The average molecular weight is 224 g/mol. The lowest BCUT2D eigenvalue weighted by atomic mass is 9.85. The molecule has 2 heteroatoms. The molecule has 0 amide bonds.